The number of anilines is 2. The van der Waals surface area contributed by atoms with Crippen LogP contribution >= 0.6 is 11.6 Å². The Bertz CT molecular complexity index is 1950. The van der Waals surface area contributed by atoms with Crippen LogP contribution in [0.4, 0.5) is 11.4 Å². The van der Waals surface area contributed by atoms with E-state index in [1.54, 1.807) is 0 Å². The van der Waals surface area contributed by atoms with Gasteiger partial charge in [-0.3, -0.25) is 0 Å². The van der Waals surface area contributed by atoms with Crippen molar-refractivity contribution in [3.63, 3.8) is 0 Å². The van der Waals surface area contributed by atoms with Gasteiger partial charge in [-0.25, -0.2) is 0 Å². The molecule has 4 aromatic rings. The summed E-state index contributed by atoms with van der Waals surface area (Å²) in [6.07, 6.45) is 12.4. The maximum Gasteiger partial charge on any atom is 0.0648 e. The molecule has 7 rings (SSSR count). The number of rotatable bonds is 3. The van der Waals surface area contributed by atoms with Crippen molar-refractivity contribution < 1.29 is 0 Å². The lowest BCUT2D eigenvalue weighted by Crippen LogP contribution is -2.50. The number of benzene rings is 4. The molecule has 1 unspecified atom stereocenters. The zero-order valence-corrected chi connectivity index (χ0v) is 27.9. The van der Waals surface area contributed by atoms with Gasteiger partial charge < -0.3 is 9.80 Å². The van der Waals surface area contributed by atoms with Crippen LogP contribution in [0.2, 0.25) is 0 Å². The number of hydrogen-bond donors (Lipinski definition) is 0. The summed E-state index contributed by atoms with van der Waals surface area (Å²) in [4.78, 5) is 4.82. The van der Waals surface area contributed by atoms with Crippen LogP contribution in [0, 0.1) is 0 Å². The highest BCUT2D eigenvalue weighted by atomic mass is 35.5. The van der Waals surface area contributed by atoms with Gasteiger partial charge in [-0.15, -0.1) is 0 Å². The van der Waals surface area contributed by atoms with Gasteiger partial charge in [0.05, 0.1) is 5.54 Å². The first-order valence-electron chi connectivity index (χ1n) is 16.0. The molecule has 44 heavy (non-hydrogen) atoms. The van der Waals surface area contributed by atoms with E-state index >= 15 is 0 Å². The van der Waals surface area contributed by atoms with Gasteiger partial charge in [0.2, 0.25) is 0 Å². The molecule has 0 spiro atoms. The third-order valence-electron chi connectivity index (χ3n) is 11.3. The second-order valence-corrected chi connectivity index (χ2v) is 14.5. The SMILES string of the molecule is CN1/C(=C/C=C2\CCCC(/C=C/C3(C)N(C)c4ccc5ccccc5c4C3(C)C)=C2Cl)C(C)(C)c2c1ccc1ccccc21. The predicted molar refractivity (Wildman–Crippen MR) is 191 cm³/mol. The second kappa shape index (κ2) is 10.1. The molecule has 0 saturated carbocycles. The highest BCUT2D eigenvalue weighted by Crippen LogP contribution is 2.54. The molecule has 0 aromatic heterocycles. The molecule has 3 aliphatic rings. The van der Waals surface area contributed by atoms with Crippen LogP contribution < -0.4 is 9.80 Å². The van der Waals surface area contributed by atoms with Crippen molar-refractivity contribution in [1.82, 2.24) is 0 Å². The zero-order valence-electron chi connectivity index (χ0n) is 27.1. The van der Waals surface area contributed by atoms with Gasteiger partial charge in [-0.1, -0.05) is 118 Å². The average molecular weight is 599 g/mol. The molecule has 2 aliphatic heterocycles. The third kappa shape index (κ3) is 4.07. The Kier molecular flexibility index (Phi) is 6.68. The first-order chi connectivity index (χ1) is 21.0. The molecule has 0 saturated heterocycles. The highest BCUT2D eigenvalue weighted by molar-refractivity contribution is 6.32. The monoisotopic (exact) mass is 598 g/mol. The van der Waals surface area contributed by atoms with E-state index in [0.29, 0.717) is 0 Å². The molecule has 4 aromatic carbocycles. The fourth-order valence-electron chi connectivity index (χ4n) is 8.28. The molecule has 0 N–H and O–H groups in total. The number of nitrogens with zero attached hydrogens (tertiary/aromatic N) is 2. The number of hydrogen-bond acceptors (Lipinski definition) is 2. The van der Waals surface area contributed by atoms with E-state index in [1.807, 2.05) is 0 Å². The molecular formula is C41H43ClN2. The van der Waals surface area contributed by atoms with Crippen molar-refractivity contribution in [2.24, 2.45) is 0 Å². The van der Waals surface area contributed by atoms with Gasteiger partial charge in [-0.2, -0.15) is 0 Å². The summed E-state index contributed by atoms with van der Waals surface area (Å²) >= 11 is 7.22. The van der Waals surface area contributed by atoms with Gasteiger partial charge in [0.1, 0.15) is 0 Å². The van der Waals surface area contributed by atoms with Crippen LogP contribution in [-0.2, 0) is 10.8 Å². The molecule has 1 aliphatic carbocycles. The first-order valence-corrected chi connectivity index (χ1v) is 16.4. The molecule has 3 heteroatoms. The van der Waals surface area contributed by atoms with Gasteiger partial charge in [-0.05, 0) is 88.2 Å². The van der Waals surface area contributed by atoms with Crippen molar-refractivity contribution in [1.29, 1.82) is 0 Å². The summed E-state index contributed by atoms with van der Waals surface area (Å²) in [5, 5.41) is 6.19. The van der Waals surface area contributed by atoms with Gasteiger partial charge in [0, 0.05) is 47.0 Å². The number of likely N-dealkylation sites (N-methyl/N-ethyl adjacent to an activating group) is 2. The molecule has 224 valence electrons. The van der Waals surface area contributed by atoms with Crippen molar-refractivity contribution in [2.75, 3.05) is 23.9 Å². The lowest BCUT2D eigenvalue weighted by atomic mass is 9.70. The summed E-state index contributed by atoms with van der Waals surface area (Å²) in [7, 11) is 4.43. The number of fused-ring (bicyclic) bond motifs is 6. The lowest BCUT2D eigenvalue weighted by Gasteiger charge is -2.42. The van der Waals surface area contributed by atoms with Crippen LogP contribution in [0.15, 0.2) is 119 Å². The van der Waals surface area contributed by atoms with E-state index in [0.717, 1.165) is 24.3 Å². The van der Waals surface area contributed by atoms with Crippen LogP contribution in [-0.4, -0.2) is 19.6 Å². The van der Waals surface area contributed by atoms with Crippen molar-refractivity contribution in [3.8, 4) is 0 Å². The van der Waals surface area contributed by atoms with E-state index in [-0.39, 0.29) is 16.4 Å². The van der Waals surface area contributed by atoms with Crippen molar-refractivity contribution in [3.05, 3.63) is 130 Å². The zero-order chi connectivity index (χ0) is 31.0. The minimum absolute atomic E-state index is 0.0863. The maximum atomic E-state index is 7.22. The fraction of sp³-hybridized carbons (Fsp3) is 0.317. The van der Waals surface area contributed by atoms with E-state index < -0.39 is 0 Å². The highest BCUT2D eigenvalue weighted by Gasteiger charge is 2.51. The molecule has 2 heterocycles. The summed E-state index contributed by atoms with van der Waals surface area (Å²) in [6.45, 7) is 11.8. The molecular weight excluding hydrogens is 556 g/mol. The van der Waals surface area contributed by atoms with E-state index in [4.69, 9.17) is 11.6 Å². The van der Waals surface area contributed by atoms with E-state index in [2.05, 4.69) is 156 Å². The molecule has 0 bridgehead atoms. The molecule has 0 amide bonds. The topological polar surface area (TPSA) is 6.48 Å². The predicted octanol–water partition coefficient (Wildman–Crippen LogP) is 10.9. The molecule has 2 nitrogen and oxygen atoms in total. The Morgan fingerprint density at radius 3 is 2.00 bits per heavy atom. The van der Waals surface area contributed by atoms with Gasteiger partial charge >= 0.3 is 0 Å². The van der Waals surface area contributed by atoms with Crippen LogP contribution in [0.5, 0.6) is 0 Å². The van der Waals surface area contributed by atoms with Crippen LogP contribution in [0.1, 0.15) is 65.0 Å². The lowest BCUT2D eigenvalue weighted by molar-refractivity contribution is 0.363. The molecule has 1 atom stereocenters. The molecule has 0 fully saturated rings. The van der Waals surface area contributed by atoms with Gasteiger partial charge in [0.25, 0.3) is 0 Å². The minimum atomic E-state index is -0.196. The Morgan fingerprint density at radius 2 is 1.32 bits per heavy atom. The first kappa shape index (κ1) is 29.0. The largest absolute Gasteiger partial charge is 0.365 e. The maximum absolute atomic E-state index is 7.22. The summed E-state index contributed by atoms with van der Waals surface area (Å²) in [6, 6.07) is 26.6. The molecule has 0 radical (unpaired) electrons. The van der Waals surface area contributed by atoms with Gasteiger partial charge in [0.15, 0.2) is 0 Å². The Hall–Kier alpha value is -3.75. The normalized spacial score (nSPS) is 24.4. The van der Waals surface area contributed by atoms with Crippen LogP contribution in [0.3, 0.4) is 0 Å². The van der Waals surface area contributed by atoms with E-state index in [1.165, 1.54) is 60.9 Å². The minimum Gasteiger partial charge on any atom is -0.365 e. The quantitative estimate of drug-likeness (QED) is 0.231. The Balaban J connectivity index is 1.23. The van der Waals surface area contributed by atoms with E-state index in [9.17, 15) is 0 Å². The fourth-order valence-corrected chi connectivity index (χ4v) is 8.60. The summed E-state index contributed by atoms with van der Waals surface area (Å²) < 4.78 is 0. The summed E-state index contributed by atoms with van der Waals surface area (Å²) in [5.74, 6) is 0. The Labute approximate surface area is 268 Å². The second-order valence-electron chi connectivity index (χ2n) is 14.1. The number of halogens is 1. The van der Waals surface area contributed by atoms with Crippen LogP contribution in [0.25, 0.3) is 21.5 Å². The smallest absolute Gasteiger partial charge is 0.0648 e. The average Bonchev–Trinajstić information content (AvgIpc) is 3.31. The third-order valence-corrected chi connectivity index (χ3v) is 11.7. The number of allylic oxidation sites excluding steroid dienone is 7. The van der Waals surface area contributed by atoms with Crippen molar-refractivity contribution >= 4 is 44.5 Å². The van der Waals surface area contributed by atoms with Crippen molar-refractivity contribution in [2.45, 2.75) is 70.3 Å². The standard InChI is InChI=1S/C41H43ClN2/c1-39(2)35(43(6)33-22-19-27-13-8-10-17-31(27)36(33)39)24-21-29-15-12-16-30(38(29)42)25-26-41(5)40(3,4)37-32-18-11-9-14-28(32)20-23-34(37)44(41)7/h8-11,13-14,17-26H,12,15-16H2,1-7H3/b26-25+,29-21+,35-24+. The summed E-state index contributed by atoms with van der Waals surface area (Å²) in [5.41, 5.74) is 8.81. The Morgan fingerprint density at radius 1 is 0.705 bits per heavy atom.